The molecular formula is C15H19NO. The minimum atomic E-state index is 0.250. The number of hydrogen-bond donors (Lipinski definition) is 2. The molecule has 0 aliphatic heterocycles. The number of nitrogens with two attached hydrogens (primary N) is 1. The summed E-state index contributed by atoms with van der Waals surface area (Å²) in [6.07, 6.45) is 0. The van der Waals surface area contributed by atoms with Gasteiger partial charge in [-0.1, -0.05) is 42.5 Å². The SMILES string of the molecule is CCO.Cc1ccccc1-c1ccccc1N. The van der Waals surface area contributed by atoms with E-state index >= 15 is 0 Å². The predicted octanol–water partition coefficient (Wildman–Crippen LogP) is 3.24. The second-order valence-electron chi connectivity index (χ2n) is 3.72. The van der Waals surface area contributed by atoms with Crippen molar-refractivity contribution in [2.24, 2.45) is 0 Å². The van der Waals surface area contributed by atoms with E-state index < -0.39 is 0 Å². The molecule has 0 aliphatic rings. The first-order valence-corrected chi connectivity index (χ1v) is 5.72. The normalized spacial score (nSPS) is 9.35. The van der Waals surface area contributed by atoms with E-state index in [1.54, 1.807) is 6.92 Å². The van der Waals surface area contributed by atoms with Gasteiger partial charge in [-0.25, -0.2) is 0 Å². The van der Waals surface area contributed by atoms with Gasteiger partial charge in [0.25, 0.3) is 0 Å². The van der Waals surface area contributed by atoms with Crippen molar-refractivity contribution >= 4 is 5.69 Å². The third kappa shape index (κ3) is 3.61. The number of rotatable bonds is 1. The lowest BCUT2D eigenvalue weighted by molar-refractivity contribution is 0.318. The third-order valence-electron chi connectivity index (χ3n) is 2.40. The molecule has 0 fully saturated rings. The summed E-state index contributed by atoms with van der Waals surface area (Å²) < 4.78 is 0. The number of para-hydroxylation sites is 1. The van der Waals surface area contributed by atoms with Crippen molar-refractivity contribution in [3.8, 4) is 11.1 Å². The first kappa shape index (κ1) is 13.3. The van der Waals surface area contributed by atoms with Gasteiger partial charge < -0.3 is 10.8 Å². The van der Waals surface area contributed by atoms with Crippen LogP contribution in [0.1, 0.15) is 12.5 Å². The molecule has 2 aromatic carbocycles. The molecular weight excluding hydrogens is 210 g/mol. The Hall–Kier alpha value is -1.80. The molecule has 90 valence electrons. The first-order chi connectivity index (χ1) is 8.20. The van der Waals surface area contributed by atoms with Crippen molar-refractivity contribution in [2.75, 3.05) is 12.3 Å². The van der Waals surface area contributed by atoms with Gasteiger partial charge in [0.05, 0.1) is 0 Å². The molecule has 0 amide bonds. The lowest BCUT2D eigenvalue weighted by Crippen LogP contribution is -1.90. The van der Waals surface area contributed by atoms with Gasteiger partial charge in [-0.05, 0) is 31.0 Å². The highest BCUT2D eigenvalue weighted by molar-refractivity contribution is 5.78. The van der Waals surface area contributed by atoms with E-state index in [4.69, 9.17) is 10.8 Å². The Kier molecular flexibility index (Phi) is 5.24. The summed E-state index contributed by atoms with van der Waals surface area (Å²) in [4.78, 5) is 0. The number of hydrogen-bond acceptors (Lipinski definition) is 2. The van der Waals surface area contributed by atoms with Crippen molar-refractivity contribution in [3.05, 3.63) is 54.1 Å². The van der Waals surface area contributed by atoms with Crippen LogP contribution in [0.4, 0.5) is 5.69 Å². The monoisotopic (exact) mass is 229 g/mol. The lowest BCUT2D eigenvalue weighted by atomic mass is 9.99. The predicted molar refractivity (Wildman–Crippen MR) is 73.8 cm³/mol. The molecule has 0 saturated heterocycles. The van der Waals surface area contributed by atoms with Gasteiger partial charge in [-0.2, -0.15) is 0 Å². The van der Waals surface area contributed by atoms with Gasteiger partial charge in [-0.15, -0.1) is 0 Å². The molecule has 0 aliphatic carbocycles. The van der Waals surface area contributed by atoms with Crippen LogP contribution in [-0.2, 0) is 0 Å². The fraction of sp³-hybridized carbons (Fsp3) is 0.200. The van der Waals surface area contributed by atoms with Crippen molar-refractivity contribution in [1.29, 1.82) is 0 Å². The van der Waals surface area contributed by atoms with E-state index in [0.717, 1.165) is 11.3 Å². The zero-order valence-electron chi connectivity index (χ0n) is 10.4. The summed E-state index contributed by atoms with van der Waals surface area (Å²) >= 11 is 0. The Morgan fingerprint density at radius 2 is 1.41 bits per heavy atom. The lowest BCUT2D eigenvalue weighted by Gasteiger charge is -2.07. The molecule has 2 heteroatoms. The van der Waals surface area contributed by atoms with Crippen LogP contribution in [0.15, 0.2) is 48.5 Å². The summed E-state index contributed by atoms with van der Waals surface area (Å²) in [6, 6.07) is 16.2. The molecule has 2 rings (SSSR count). The van der Waals surface area contributed by atoms with E-state index in [1.165, 1.54) is 11.1 Å². The summed E-state index contributed by atoms with van der Waals surface area (Å²) in [7, 11) is 0. The summed E-state index contributed by atoms with van der Waals surface area (Å²) in [5.74, 6) is 0. The molecule has 0 radical (unpaired) electrons. The molecule has 0 aromatic heterocycles. The molecule has 0 bridgehead atoms. The van der Waals surface area contributed by atoms with Crippen LogP contribution in [0.3, 0.4) is 0 Å². The van der Waals surface area contributed by atoms with Crippen LogP contribution < -0.4 is 5.73 Å². The van der Waals surface area contributed by atoms with Gasteiger partial charge in [0, 0.05) is 17.9 Å². The number of aryl methyl sites for hydroxylation is 1. The van der Waals surface area contributed by atoms with Gasteiger partial charge >= 0.3 is 0 Å². The largest absolute Gasteiger partial charge is 0.398 e. The molecule has 0 atom stereocenters. The number of nitrogen functional groups attached to an aromatic ring is 1. The second-order valence-corrected chi connectivity index (χ2v) is 3.72. The van der Waals surface area contributed by atoms with Crippen LogP contribution in [0, 0.1) is 6.92 Å². The maximum absolute atomic E-state index is 7.57. The second kappa shape index (κ2) is 6.71. The number of anilines is 1. The summed E-state index contributed by atoms with van der Waals surface area (Å²) in [6.45, 7) is 4.03. The Morgan fingerprint density at radius 3 is 1.94 bits per heavy atom. The molecule has 0 unspecified atom stereocenters. The molecule has 2 aromatic rings. The van der Waals surface area contributed by atoms with Gasteiger partial charge in [0.2, 0.25) is 0 Å². The van der Waals surface area contributed by atoms with Crippen molar-refractivity contribution in [3.63, 3.8) is 0 Å². The highest BCUT2D eigenvalue weighted by Crippen LogP contribution is 2.27. The number of aliphatic hydroxyl groups is 1. The van der Waals surface area contributed by atoms with Crippen LogP contribution >= 0.6 is 0 Å². The van der Waals surface area contributed by atoms with Gasteiger partial charge in [0.1, 0.15) is 0 Å². The minimum Gasteiger partial charge on any atom is -0.398 e. The van der Waals surface area contributed by atoms with E-state index in [9.17, 15) is 0 Å². The maximum Gasteiger partial charge on any atom is 0.0402 e. The molecule has 3 N–H and O–H groups in total. The van der Waals surface area contributed by atoms with Crippen molar-refractivity contribution in [1.82, 2.24) is 0 Å². The Labute approximate surface area is 103 Å². The third-order valence-corrected chi connectivity index (χ3v) is 2.40. The van der Waals surface area contributed by atoms with E-state index in [2.05, 4.69) is 25.1 Å². The van der Waals surface area contributed by atoms with E-state index in [-0.39, 0.29) is 6.61 Å². The highest BCUT2D eigenvalue weighted by Gasteiger charge is 2.02. The molecule has 2 nitrogen and oxygen atoms in total. The fourth-order valence-electron chi connectivity index (χ4n) is 1.62. The van der Waals surface area contributed by atoms with Gasteiger partial charge in [-0.3, -0.25) is 0 Å². The average molecular weight is 229 g/mol. The Bertz CT molecular complexity index is 422. The minimum absolute atomic E-state index is 0.250. The standard InChI is InChI=1S/C13H13N.C2H6O/c1-10-6-2-3-7-11(10)12-8-4-5-9-13(12)14;1-2-3/h2-9H,14H2,1H3;3H,2H2,1H3. The van der Waals surface area contributed by atoms with Crippen LogP contribution in [0.25, 0.3) is 11.1 Å². The highest BCUT2D eigenvalue weighted by atomic mass is 16.2. The Balaban J connectivity index is 0.000000437. The maximum atomic E-state index is 7.57. The average Bonchev–Trinajstić information content (AvgIpc) is 2.32. The summed E-state index contributed by atoms with van der Waals surface area (Å²) in [5, 5.41) is 7.57. The smallest absolute Gasteiger partial charge is 0.0402 e. The number of aliphatic hydroxyl groups excluding tert-OH is 1. The topological polar surface area (TPSA) is 46.2 Å². The molecule has 17 heavy (non-hydrogen) atoms. The zero-order valence-corrected chi connectivity index (χ0v) is 10.4. The van der Waals surface area contributed by atoms with E-state index in [1.807, 2.05) is 30.3 Å². The van der Waals surface area contributed by atoms with Crippen LogP contribution in [0.5, 0.6) is 0 Å². The zero-order chi connectivity index (χ0) is 12.7. The summed E-state index contributed by atoms with van der Waals surface area (Å²) in [5.41, 5.74) is 10.3. The van der Waals surface area contributed by atoms with Gasteiger partial charge in [0.15, 0.2) is 0 Å². The molecule has 0 spiro atoms. The van der Waals surface area contributed by atoms with Crippen LogP contribution in [-0.4, -0.2) is 11.7 Å². The number of benzene rings is 2. The fourth-order valence-corrected chi connectivity index (χ4v) is 1.62. The molecule has 0 heterocycles. The molecule has 0 saturated carbocycles. The van der Waals surface area contributed by atoms with E-state index in [0.29, 0.717) is 0 Å². The first-order valence-electron chi connectivity index (χ1n) is 5.72. The van der Waals surface area contributed by atoms with Crippen molar-refractivity contribution < 1.29 is 5.11 Å². The van der Waals surface area contributed by atoms with Crippen LogP contribution in [0.2, 0.25) is 0 Å². The quantitative estimate of drug-likeness (QED) is 0.737. The Morgan fingerprint density at radius 1 is 0.941 bits per heavy atom. The van der Waals surface area contributed by atoms with Crippen molar-refractivity contribution in [2.45, 2.75) is 13.8 Å².